The van der Waals surface area contributed by atoms with Gasteiger partial charge >= 0.3 is 0 Å². The molecule has 1 atom stereocenters. The van der Waals surface area contributed by atoms with Gasteiger partial charge in [0.15, 0.2) is 0 Å². The van der Waals surface area contributed by atoms with Crippen molar-refractivity contribution in [3.05, 3.63) is 42.2 Å². The zero-order chi connectivity index (χ0) is 13.5. The first kappa shape index (κ1) is 14.0. The van der Waals surface area contributed by atoms with Gasteiger partial charge in [-0.05, 0) is 30.5 Å². The van der Waals surface area contributed by atoms with Gasteiger partial charge in [0.1, 0.15) is 0 Å². The van der Waals surface area contributed by atoms with Crippen molar-refractivity contribution in [2.45, 2.75) is 45.1 Å². The van der Waals surface area contributed by atoms with Gasteiger partial charge in [-0.1, -0.05) is 50.8 Å². The second kappa shape index (κ2) is 7.25. The maximum Gasteiger partial charge on any atom is 0.0349 e. The first-order valence-electron chi connectivity index (χ1n) is 7.36. The van der Waals surface area contributed by atoms with Crippen LogP contribution in [0.1, 0.15) is 50.6 Å². The van der Waals surface area contributed by atoms with Crippen molar-refractivity contribution < 1.29 is 0 Å². The van der Waals surface area contributed by atoms with E-state index in [2.05, 4.69) is 48.5 Å². The number of unbranched alkanes of at least 4 members (excludes halogenated alkanes) is 3. The van der Waals surface area contributed by atoms with E-state index in [1.807, 2.05) is 12.4 Å². The molecular formula is C17H24N2. The van der Waals surface area contributed by atoms with Crippen LogP contribution in [-0.2, 0) is 0 Å². The zero-order valence-electron chi connectivity index (χ0n) is 12.0. The molecule has 19 heavy (non-hydrogen) atoms. The molecule has 0 aliphatic rings. The molecule has 2 heteroatoms. The lowest BCUT2D eigenvalue weighted by atomic mass is 9.96. The number of benzene rings is 1. The van der Waals surface area contributed by atoms with Crippen molar-refractivity contribution in [3.63, 3.8) is 0 Å². The number of nitrogens with one attached hydrogen (secondary N) is 1. The monoisotopic (exact) mass is 256 g/mol. The normalized spacial score (nSPS) is 12.7. The summed E-state index contributed by atoms with van der Waals surface area (Å²) in [7, 11) is 2.06. The number of pyridine rings is 1. The third kappa shape index (κ3) is 3.54. The number of aromatic nitrogens is 1. The fourth-order valence-corrected chi connectivity index (χ4v) is 2.67. The largest absolute Gasteiger partial charge is 0.313 e. The Morgan fingerprint density at radius 2 is 2.05 bits per heavy atom. The van der Waals surface area contributed by atoms with Gasteiger partial charge in [0.25, 0.3) is 0 Å². The van der Waals surface area contributed by atoms with Crippen LogP contribution in [-0.4, -0.2) is 12.0 Å². The van der Waals surface area contributed by atoms with Crippen LogP contribution >= 0.6 is 0 Å². The van der Waals surface area contributed by atoms with Gasteiger partial charge in [0.2, 0.25) is 0 Å². The number of rotatable bonds is 7. The average molecular weight is 256 g/mol. The summed E-state index contributed by atoms with van der Waals surface area (Å²) in [6.45, 7) is 2.26. The molecule has 0 radical (unpaired) electrons. The molecule has 1 heterocycles. The Kier molecular flexibility index (Phi) is 5.34. The van der Waals surface area contributed by atoms with Crippen molar-refractivity contribution in [1.82, 2.24) is 10.3 Å². The Morgan fingerprint density at radius 1 is 1.16 bits per heavy atom. The average Bonchev–Trinajstić information content (AvgIpc) is 2.47. The third-order valence-corrected chi connectivity index (χ3v) is 3.79. The Labute approximate surface area is 116 Å². The predicted molar refractivity (Wildman–Crippen MR) is 82.3 cm³/mol. The smallest absolute Gasteiger partial charge is 0.0349 e. The van der Waals surface area contributed by atoms with E-state index < -0.39 is 0 Å². The minimum Gasteiger partial charge on any atom is -0.313 e. The maximum atomic E-state index is 4.27. The van der Waals surface area contributed by atoms with Crippen LogP contribution in [0, 0.1) is 0 Å². The van der Waals surface area contributed by atoms with E-state index in [4.69, 9.17) is 0 Å². The molecule has 1 N–H and O–H groups in total. The molecule has 0 spiro atoms. The van der Waals surface area contributed by atoms with Crippen molar-refractivity contribution >= 4 is 10.8 Å². The van der Waals surface area contributed by atoms with Gasteiger partial charge in [-0.2, -0.15) is 0 Å². The Hall–Kier alpha value is -1.41. The van der Waals surface area contributed by atoms with E-state index in [0.29, 0.717) is 6.04 Å². The topological polar surface area (TPSA) is 24.9 Å². The lowest BCUT2D eigenvalue weighted by Crippen LogP contribution is -2.16. The summed E-state index contributed by atoms with van der Waals surface area (Å²) in [6, 6.07) is 9.05. The fraction of sp³-hybridized carbons (Fsp3) is 0.471. The van der Waals surface area contributed by atoms with Gasteiger partial charge in [-0.3, -0.25) is 4.98 Å². The molecular weight excluding hydrogens is 232 g/mol. The summed E-state index contributed by atoms with van der Waals surface area (Å²) in [4.78, 5) is 4.27. The van der Waals surface area contributed by atoms with E-state index >= 15 is 0 Å². The SMILES string of the molecule is CCCCCCC(NC)c1cccc2ccncc12. The summed E-state index contributed by atoms with van der Waals surface area (Å²) in [5.41, 5.74) is 1.38. The highest BCUT2D eigenvalue weighted by Crippen LogP contribution is 2.26. The number of hydrogen-bond donors (Lipinski definition) is 1. The van der Waals surface area contributed by atoms with Crippen LogP contribution in [0.4, 0.5) is 0 Å². The lowest BCUT2D eigenvalue weighted by molar-refractivity contribution is 0.507. The summed E-state index contributed by atoms with van der Waals surface area (Å²) in [6.07, 6.45) is 10.3. The van der Waals surface area contributed by atoms with Crippen molar-refractivity contribution in [3.8, 4) is 0 Å². The highest BCUT2D eigenvalue weighted by Gasteiger charge is 2.11. The predicted octanol–water partition coefficient (Wildman–Crippen LogP) is 4.47. The molecule has 0 saturated heterocycles. The summed E-state index contributed by atoms with van der Waals surface area (Å²) >= 11 is 0. The van der Waals surface area contributed by atoms with E-state index in [9.17, 15) is 0 Å². The molecule has 0 saturated carbocycles. The standard InChI is InChI=1S/C17H24N2/c1-3-4-5-6-10-17(18-2)15-9-7-8-14-11-12-19-13-16(14)15/h7-9,11-13,17-18H,3-6,10H2,1-2H3. The van der Waals surface area contributed by atoms with Gasteiger partial charge in [0.05, 0.1) is 0 Å². The number of nitrogens with zero attached hydrogens (tertiary/aromatic N) is 1. The van der Waals surface area contributed by atoms with Crippen LogP contribution in [0.5, 0.6) is 0 Å². The van der Waals surface area contributed by atoms with Crippen molar-refractivity contribution in [1.29, 1.82) is 0 Å². The molecule has 2 nitrogen and oxygen atoms in total. The summed E-state index contributed by atoms with van der Waals surface area (Å²) in [5, 5.41) is 6.02. The Bertz CT molecular complexity index is 502. The van der Waals surface area contributed by atoms with Crippen LogP contribution in [0.2, 0.25) is 0 Å². The fourth-order valence-electron chi connectivity index (χ4n) is 2.67. The zero-order valence-corrected chi connectivity index (χ0v) is 12.0. The van der Waals surface area contributed by atoms with Crippen LogP contribution in [0.25, 0.3) is 10.8 Å². The molecule has 1 aromatic carbocycles. The molecule has 1 unspecified atom stereocenters. The van der Waals surface area contributed by atoms with Gasteiger partial charge in [-0.25, -0.2) is 0 Å². The first-order chi connectivity index (χ1) is 9.36. The molecule has 0 fully saturated rings. The lowest BCUT2D eigenvalue weighted by Gasteiger charge is -2.18. The van der Waals surface area contributed by atoms with Crippen LogP contribution in [0.3, 0.4) is 0 Å². The molecule has 0 bridgehead atoms. The minimum atomic E-state index is 0.435. The van der Waals surface area contributed by atoms with E-state index in [1.165, 1.54) is 48.4 Å². The molecule has 2 aromatic rings. The molecule has 1 aromatic heterocycles. The van der Waals surface area contributed by atoms with Crippen LogP contribution < -0.4 is 5.32 Å². The van der Waals surface area contributed by atoms with E-state index in [0.717, 1.165) is 0 Å². The summed E-state index contributed by atoms with van der Waals surface area (Å²) in [5.74, 6) is 0. The summed E-state index contributed by atoms with van der Waals surface area (Å²) < 4.78 is 0. The Balaban J connectivity index is 2.16. The highest BCUT2D eigenvalue weighted by atomic mass is 14.9. The molecule has 0 amide bonds. The van der Waals surface area contributed by atoms with E-state index in [-0.39, 0.29) is 0 Å². The van der Waals surface area contributed by atoms with E-state index in [1.54, 1.807) is 0 Å². The molecule has 0 aliphatic heterocycles. The third-order valence-electron chi connectivity index (χ3n) is 3.79. The van der Waals surface area contributed by atoms with Gasteiger partial charge in [-0.15, -0.1) is 0 Å². The van der Waals surface area contributed by atoms with Crippen LogP contribution in [0.15, 0.2) is 36.7 Å². The number of hydrogen-bond acceptors (Lipinski definition) is 2. The quantitative estimate of drug-likeness (QED) is 0.739. The maximum absolute atomic E-state index is 4.27. The minimum absolute atomic E-state index is 0.435. The van der Waals surface area contributed by atoms with Gasteiger partial charge in [0, 0.05) is 23.8 Å². The highest BCUT2D eigenvalue weighted by molar-refractivity contribution is 5.85. The number of fused-ring (bicyclic) bond motifs is 1. The second-order valence-electron chi connectivity index (χ2n) is 5.13. The molecule has 0 aliphatic carbocycles. The van der Waals surface area contributed by atoms with Crippen molar-refractivity contribution in [2.24, 2.45) is 0 Å². The van der Waals surface area contributed by atoms with Gasteiger partial charge < -0.3 is 5.32 Å². The second-order valence-corrected chi connectivity index (χ2v) is 5.13. The Morgan fingerprint density at radius 3 is 2.84 bits per heavy atom. The first-order valence-corrected chi connectivity index (χ1v) is 7.36. The molecule has 102 valence electrons. The van der Waals surface area contributed by atoms with Crippen molar-refractivity contribution in [2.75, 3.05) is 7.05 Å². The molecule has 2 rings (SSSR count).